The van der Waals surface area contributed by atoms with Crippen molar-refractivity contribution >= 4 is 15.7 Å². The summed E-state index contributed by atoms with van der Waals surface area (Å²) in [7, 11) is -3.08. The monoisotopic (exact) mass is 360 g/mol. The maximum atomic E-state index is 12.5. The Balaban J connectivity index is 1.28. The number of amides is 1. The molecule has 25 heavy (non-hydrogen) atoms. The molecule has 2 heterocycles. The Kier molecular flexibility index (Phi) is 4.41. The largest absolute Gasteiger partial charge is 0.340 e. The van der Waals surface area contributed by atoms with E-state index < -0.39 is 9.84 Å². The smallest absolute Gasteiger partial charge is 0.223 e. The second-order valence-electron chi connectivity index (χ2n) is 7.37. The first-order chi connectivity index (χ1) is 12.0. The number of carbonyl (C=O) groups is 1. The number of hydrogen-bond acceptors (Lipinski definition) is 4. The van der Waals surface area contributed by atoms with Gasteiger partial charge in [0.25, 0.3) is 0 Å². The summed E-state index contributed by atoms with van der Waals surface area (Å²) in [6.07, 6.45) is 4.19. The highest BCUT2D eigenvalue weighted by Crippen LogP contribution is 2.26. The molecule has 1 aromatic rings. The number of sulfone groups is 1. The molecule has 0 N–H and O–H groups in total. The first-order valence-electron chi connectivity index (χ1n) is 9.00. The maximum Gasteiger partial charge on any atom is 0.223 e. The molecule has 2 aliphatic heterocycles. The summed E-state index contributed by atoms with van der Waals surface area (Å²) in [6, 6.07) is 9.21. The van der Waals surface area contributed by atoms with Crippen LogP contribution in [0.1, 0.15) is 17.5 Å². The summed E-state index contributed by atoms with van der Waals surface area (Å²) in [5.74, 6) is 0.0138. The lowest BCUT2D eigenvalue weighted by molar-refractivity contribution is -0.133. The standard InChI is InChI=1S/C19H24N2O3S/c22-19(11-15-5-10-25(23,24)14-15)21-8-6-20(7-9-21)18-12-16-3-1-2-4-17(16)13-18/h1-5,10,15,18H,6-9,11-14H2. The van der Waals surface area contributed by atoms with Crippen LogP contribution >= 0.6 is 0 Å². The molecule has 0 radical (unpaired) electrons. The van der Waals surface area contributed by atoms with E-state index in [1.807, 2.05) is 4.90 Å². The Morgan fingerprint density at radius 1 is 1.04 bits per heavy atom. The van der Waals surface area contributed by atoms with E-state index in [4.69, 9.17) is 0 Å². The van der Waals surface area contributed by atoms with Crippen molar-refractivity contribution in [2.24, 2.45) is 5.92 Å². The number of hydrogen-bond donors (Lipinski definition) is 0. The summed E-state index contributed by atoms with van der Waals surface area (Å²) in [6.45, 7) is 3.30. The fourth-order valence-electron chi connectivity index (χ4n) is 4.25. The second-order valence-corrected chi connectivity index (χ2v) is 9.30. The molecule has 1 saturated heterocycles. The summed E-state index contributed by atoms with van der Waals surface area (Å²) in [4.78, 5) is 16.9. The van der Waals surface area contributed by atoms with Crippen LogP contribution in [0.5, 0.6) is 0 Å². The van der Waals surface area contributed by atoms with Crippen LogP contribution in [0, 0.1) is 5.92 Å². The van der Waals surface area contributed by atoms with Gasteiger partial charge in [-0.15, -0.1) is 0 Å². The van der Waals surface area contributed by atoms with Crippen LogP contribution in [0.3, 0.4) is 0 Å². The molecular formula is C19H24N2O3S. The molecule has 134 valence electrons. The minimum atomic E-state index is -3.08. The van der Waals surface area contributed by atoms with Crippen LogP contribution in [0.15, 0.2) is 35.7 Å². The van der Waals surface area contributed by atoms with Crippen molar-refractivity contribution in [2.45, 2.75) is 25.3 Å². The summed E-state index contributed by atoms with van der Waals surface area (Å²) in [5.41, 5.74) is 2.92. The third-order valence-electron chi connectivity index (χ3n) is 5.65. The minimum absolute atomic E-state index is 0.0824. The van der Waals surface area contributed by atoms with Crippen LogP contribution in [-0.4, -0.2) is 62.1 Å². The van der Waals surface area contributed by atoms with Crippen LogP contribution < -0.4 is 0 Å². The Morgan fingerprint density at radius 2 is 1.68 bits per heavy atom. The van der Waals surface area contributed by atoms with Crippen molar-refractivity contribution in [3.63, 3.8) is 0 Å². The molecule has 0 spiro atoms. The van der Waals surface area contributed by atoms with Crippen molar-refractivity contribution in [3.05, 3.63) is 46.9 Å². The van der Waals surface area contributed by atoms with Crippen molar-refractivity contribution in [1.82, 2.24) is 9.80 Å². The highest BCUT2D eigenvalue weighted by atomic mass is 32.2. The van der Waals surface area contributed by atoms with Gasteiger partial charge in [-0.25, -0.2) is 8.42 Å². The van der Waals surface area contributed by atoms with E-state index in [0.29, 0.717) is 12.5 Å². The molecule has 1 fully saturated rings. The Labute approximate surface area is 149 Å². The van der Waals surface area contributed by atoms with E-state index in [9.17, 15) is 13.2 Å². The van der Waals surface area contributed by atoms with Crippen LogP contribution in [0.4, 0.5) is 0 Å². The first-order valence-corrected chi connectivity index (χ1v) is 10.7. The lowest BCUT2D eigenvalue weighted by Gasteiger charge is -2.38. The van der Waals surface area contributed by atoms with Gasteiger partial charge in [-0.3, -0.25) is 9.69 Å². The fraction of sp³-hybridized carbons (Fsp3) is 0.526. The van der Waals surface area contributed by atoms with Gasteiger partial charge < -0.3 is 4.90 Å². The molecule has 0 saturated carbocycles. The quantitative estimate of drug-likeness (QED) is 0.814. The average molecular weight is 360 g/mol. The molecule has 4 rings (SSSR count). The topological polar surface area (TPSA) is 57.7 Å². The number of carbonyl (C=O) groups excluding carboxylic acids is 1. The average Bonchev–Trinajstić information content (AvgIpc) is 3.18. The van der Waals surface area contributed by atoms with Gasteiger partial charge in [-0.05, 0) is 24.0 Å². The highest BCUT2D eigenvalue weighted by Gasteiger charge is 2.31. The van der Waals surface area contributed by atoms with Gasteiger partial charge in [0, 0.05) is 50.0 Å². The molecule has 5 nitrogen and oxygen atoms in total. The Morgan fingerprint density at radius 3 is 2.24 bits per heavy atom. The third-order valence-corrected chi connectivity index (χ3v) is 7.12. The molecule has 0 aromatic heterocycles. The first kappa shape index (κ1) is 16.8. The molecule has 6 heteroatoms. The van der Waals surface area contributed by atoms with Crippen molar-refractivity contribution < 1.29 is 13.2 Å². The predicted octanol–water partition coefficient (Wildman–Crippen LogP) is 1.25. The van der Waals surface area contributed by atoms with Crippen LogP contribution in [0.25, 0.3) is 0 Å². The van der Waals surface area contributed by atoms with Gasteiger partial charge in [0.1, 0.15) is 0 Å². The van der Waals surface area contributed by atoms with Crippen molar-refractivity contribution in [2.75, 3.05) is 31.9 Å². The van der Waals surface area contributed by atoms with Gasteiger partial charge in [0.05, 0.1) is 5.75 Å². The molecule has 1 amide bonds. The molecule has 1 atom stereocenters. The SMILES string of the molecule is O=C(CC1C=CS(=O)(=O)C1)N1CCN(C2Cc3ccccc3C2)CC1. The predicted molar refractivity (Wildman–Crippen MR) is 96.8 cm³/mol. The molecule has 0 bridgehead atoms. The molecule has 1 aromatic carbocycles. The molecular weight excluding hydrogens is 336 g/mol. The summed E-state index contributed by atoms with van der Waals surface area (Å²) < 4.78 is 22.9. The molecule has 3 aliphatic rings. The van der Waals surface area contributed by atoms with Crippen molar-refractivity contribution in [1.29, 1.82) is 0 Å². The number of benzene rings is 1. The van der Waals surface area contributed by atoms with Gasteiger partial charge in [0.2, 0.25) is 5.91 Å². The normalized spacial score (nSPS) is 26.1. The van der Waals surface area contributed by atoms with Crippen LogP contribution in [0.2, 0.25) is 0 Å². The second kappa shape index (κ2) is 6.57. The zero-order valence-electron chi connectivity index (χ0n) is 14.3. The van der Waals surface area contributed by atoms with Gasteiger partial charge in [-0.2, -0.15) is 0 Å². The van der Waals surface area contributed by atoms with Gasteiger partial charge in [-0.1, -0.05) is 30.3 Å². The zero-order chi connectivity index (χ0) is 17.4. The van der Waals surface area contributed by atoms with E-state index in [1.165, 1.54) is 16.5 Å². The molecule has 1 aliphatic carbocycles. The highest BCUT2D eigenvalue weighted by molar-refractivity contribution is 7.94. The van der Waals surface area contributed by atoms with Gasteiger partial charge in [0.15, 0.2) is 9.84 Å². The van der Waals surface area contributed by atoms with E-state index in [-0.39, 0.29) is 17.6 Å². The Hall–Kier alpha value is -1.66. The Bertz CT molecular complexity index is 770. The zero-order valence-corrected chi connectivity index (χ0v) is 15.1. The number of rotatable bonds is 3. The van der Waals surface area contributed by atoms with Crippen molar-refractivity contribution in [3.8, 4) is 0 Å². The number of nitrogens with zero attached hydrogens (tertiary/aromatic N) is 2. The van der Waals surface area contributed by atoms with E-state index in [2.05, 4.69) is 29.2 Å². The lowest BCUT2D eigenvalue weighted by Crippen LogP contribution is -2.52. The minimum Gasteiger partial charge on any atom is -0.340 e. The van der Waals surface area contributed by atoms with Gasteiger partial charge >= 0.3 is 0 Å². The number of allylic oxidation sites excluding steroid dienone is 1. The van der Waals surface area contributed by atoms with E-state index >= 15 is 0 Å². The number of fused-ring (bicyclic) bond motifs is 1. The summed E-state index contributed by atoms with van der Waals surface area (Å²) in [5, 5.41) is 1.25. The summed E-state index contributed by atoms with van der Waals surface area (Å²) >= 11 is 0. The lowest BCUT2D eigenvalue weighted by atomic mass is 10.1. The number of piperazine rings is 1. The maximum absolute atomic E-state index is 12.5. The van der Waals surface area contributed by atoms with E-state index in [1.54, 1.807) is 6.08 Å². The fourth-order valence-corrected chi connectivity index (χ4v) is 5.65. The van der Waals surface area contributed by atoms with E-state index in [0.717, 1.165) is 39.0 Å². The molecule has 1 unspecified atom stereocenters. The third kappa shape index (κ3) is 3.65. The van der Waals surface area contributed by atoms with Crippen LogP contribution in [-0.2, 0) is 27.5 Å².